The van der Waals surface area contributed by atoms with Crippen LogP contribution in [0.2, 0.25) is 0 Å². The number of aromatic nitrogens is 3. The Kier molecular flexibility index (Phi) is 3.92. The quantitative estimate of drug-likeness (QED) is 0.885. The van der Waals surface area contributed by atoms with Gasteiger partial charge >= 0.3 is 0 Å². The van der Waals surface area contributed by atoms with E-state index in [9.17, 15) is 19.0 Å². The smallest absolute Gasteiger partial charge is 0.132 e. The lowest BCUT2D eigenvalue weighted by molar-refractivity contribution is -0.0713. The van der Waals surface area contributed by atoms with Gasteiger partial charge < -0.3 is 10.2 Å². The second-order valence-electron chi connectivity index (χ2n) is 5.89. The van der Waals surface area contributed by atoms with Gasteiger partial charge in [0.1, 0.15) is 17.3 Å². The molecule has 1 aromatic carbocycles. The Hall–Kier alpha value is -1.86. The summed E-state index contributed by atoms with van der Waals surface area (Å²) in [5.74, 6) is -1.14. The normalized spacial score (nSPS) is 18.0. The molecule has 0 radical (unpaired) electrons. The highest BCUT2D eigenvalue weighted by atomic mass is 19.1. The molecule has 1 atom stereocenters. The maximum Gasteiger partial charge on any atom is 0.132 e. The number of benzene rings is 1. The molecule has 1 aliphatic rings. The SMILES string of the molecule is OC(Cn1cc(-c2cc(F)ccc2F)nn1)CC1(O)CCC1. The standard InChI is InChI=1S/C15H17F2N3O2/c16-10-2-3-13(17)12(6-10)14-9-20(19-18-14)8-11(21)7-15(22)4-1-5-15/h2-3,6,9,11,21-22H,1,4-5,7-8H2. The third kappa shape index (κ3) is 3.15. The molecule has 0 spiro atoms. The topological polar surface area (TPSA) is 71.2 Å². The van der Waals surface area contributed by atoms with E-state index in [0.717, 1.165) is 24.6 Å². The monoisotopic (exact) mass is 309 g/mol. The lowest BCUT2D eigenvalue weighted by Crippen LogP contribution is -2.41. The van der Waals surface area contributed by atoms with E-state index in [1.165, 1.54) is 10.9 Å². The zero-order valence-electron chi connectivity index (χ0n) is 11.9. The zero-order valence-corrected chi connectivity index (χ0v) is 11.9. The molecule has 0 aliphatic heterocycles. The molecule has 1 aromatic heterocycles. The Morgan fingerprint density at radius 1 is 1.32 bits per heavy atom. The largest absolute Gasteiger partial charge is 0.391 e. The second-order valence-corrected chi connectivity index (χ2v) is 5.89. The van der Waals surface area contributed by atoms with Gasteiger partial charge in [-0.1, -0.05) is 5.21 Å². The van der Waals surface area contributed by atoms with Crippen LogP contribution in [0.5, 0.6) is 0 Å². The van der Waals surface area contributed by atoms with Crippen molar-refractivity contribution in [2.45, 2.75) is 43.9 Å². The molecule has 2 aromatic rings. The van der Waals surface area contributed by atoms with Gasteiger partial charge in [0.25, 0.3) is 0 Å². The third-order valence-corrected chi connectivity index (χ3v) is 4.04. The van der Waals surface area contributed by atoms with Crippen molar-refractivity contribution in [3.8, 4) is 11.3 Å². The van der Waals surface area contributed by atoms with E-state index in [1.807, 2.05) is 0 Å². The summed E-state index contributed by atoms with van der Waals surface area (Å²) in [6.45, 7) is 0.145. The lowest BCUT2D eigenvalue weighted by Gasteiger charge is -2.38. The van der Waals surface area contributed by atoms with Crippen molar-refractivity contribution in [3.05, 3.63) is 36.0 Å². The second kappa shape index (κ2) is 5.73. The predicted octanol–water partition coefficient (Wildman–Crippen LogP) is 1.89. The summed E-state index contributed by atoms with van der Waals surface area (Å²) in [6, 6.07) is 3.12. The molecule has 22 heavy (non-hydrogen) atoms. The zero-order chi connectivity index (χ0) is 15.7. The number of rotatable bonds is 5. The van der Waals surface area contributed by atoms with E-state index in [0.29, 0.717) is 12.8 Å². The van der Waals surface area contributed by atoms with Gasteiger partial charge in [0.2, 0.25) is 0 Å². The van der Waals surface area contributed by atoms with Gasteiger partial charge in [-0.25, -0.2) is 13.5 Å². The van der Waals surface area contributed by atoms with Crippen LogP contribution in [0.3, 0.4) is 0 Å². The van der Waals surface area contributed by atoms with Gasteiger partial charge in [0.15, 0.2) is 0 Å². The average Bonchev–Trinajstić information content (AvgIpc) is 2.88. The van der Waals surface area contributed by atoms with Crippen LogP contribution in [0.15, 0.2) is 24.4 Å². The van der Waals surface area contributed by atoms with Gasteiger partial charge in [0.05, 0.1) is 24.4 Å². The van der Waals surface area contributed by atoms with Crippen molar-refractivity contribution in [2.75, 3.05) is 0 Å². The van der Waals surface area contributed by atoms with Crippen molar-refractivity contribution < 1.29 is 19.0 Å². The van der Waals surface area contributed by atoms with E-state index < -0.39 is 23.3 Å². The first kappa shape index (κ1) is 15.1. The van der Waals surface area contributed by atoms with E-state index in [1.54, 1.807) is 0 Å². The van der Waals surface area contributed by atoms with Crippen molar-refractivity contribution in [1.29, 1.82) is 0 Å². The fraction of sp³-hybridized carbons (Fsp3) is 0.467. The third-order valence-electron chi connectivity index (χ3n) is 4.04. The molecule has 0 amide bonds. The van der Waals surface area contributed by atoms with Crippen molar-refractivity contribution in [3.63, 3.8) is 0 Å². The van der Waals surface area contributed by atoms with Crippen LogP contribution in [0.4, 0.5) is 8.78 Å². The number of hydrogen-bond donors (Lipinski definition) is 2. The Labute approximate surface area is 126 Å². The van der Waals surface area contributed by atoms with Crippen molar-refractivity contribution in [2.24, 2.45) is 0 Å². The molecule has 3 rings (SSSR count). The summed E-state index contributed by atoms with van der Waals surface area (Å²) < 4.78 is 28.2. The summed E-state index contributed by atoms with van der Waals surface area (Å²) in [4.78, 5) is 0. The van der Waals surface area contributed by atoms with Crippen LogP contribution >= 0.6 is 0 Å². The summed E-state index contributed by atoms with van der Waals surface area (Å²) in [5, 5.41) is 27.6. The molecule has 7 heteroatoms. The molecule has 2 N–H and O–H groups in total. The Bertz CT molecular complexity index is 671. The Morgan fingerprint density at radius 3 is 2.77 bits per heavy atom. The highest BCUT2D eigenvalue weighted by Gasteiger charge is 2.36. The minimum absolute atomic E-state index is 0.0263. The summed E-state index contributed by atoms with van der Waals surface area (Å²) in [5.41, 5.74) is -0.553. The van der Waals surface area contributed by atoms with E-state index in [4.69, 9.17) is 0 Å². The molecule has 5 nitrogen and oxygen atoms in total. The van der Waals surface area contributed by atoms with Gasteiger partial charge in [0, 0.05) is 12.0 Å². The van der Waals surface area contributed by atoms with Gasteiger partial charge in [-0.2, -0.15) is 0 Å². The molecule has 1 aliphatic carbocycles. The lowest BCUT2D eigenvalue weighted by atomic mass is 9.76. The van der Waals surface area contributed by atoms with Crippen LogP contribution in [0.1, 0.15) is 25.7 Å². The molecule has 0 saturated heterocycles. The van der Waals surface area contributed by atoms with Crippen LogP contribution in [-0.2, 0) is 6.54 Å². The number of aliphatic hydroxyl groups excluding tert-OH is 1. The summed E-state index contributed by atoms with van der Waals surface area (Å²) in [7, 11) is 0. The number of halogens is 2. The van der Waals surface area contributed by atoms with Gasteiger partial charge in [-0.15, -0.1) is 5.10 Å². The number of nitrogens with zero attached hydrogens (tertiary/aromatic N) is 3. The molecule has 1 heterocycles. The fourth-order valence-electron chi connectivity index (χ4n) is 2.71. The van der Waals surface area contributed by atoms with E-state index in [-0.39, 0.29) is 24.2 Å². The predicted molar refractivity (Wildman–Crippen MR) is 74.8 cm³/mol. The summed E-state index contributed by atoms with van der Waals surface area (Å²) in [6.07, 6.45) is 3.32. The van der Waals surface area contributed by atoms with E-state index in [2.05, 4.69) is 10.3 Å². The molecule has 1 saturated carbocycles. The first-order chi connectivity index (χ1) is 10.5. The van der Waals surface area contributed by atoms with Gasteiger partial charge in [-0.05, 0) is 37.5 Å². The van der Waals surface area contributed by atoms with Crippen LogP contribution < -0.4 is 0 Å². The number of hydrogen-bond acceptors (Lipinski definition) is 4. The molecule has 1 unspecified atom stereocenters. The van der Waals surface area contributed by atoms with E-state index >= 15 is 0 Å². The molecule has 1 fully saturated rings. The van der Waals surface area contributed by atoms with Crippen LogP contribution in [0.25, 0.3) is 11.3 Å². The van der Waals surface area contributed by atoms with Crippen molar-refractivity contribution >= 4 is 0 Å². The Morgan fingerprint density at radius 2 is 2.09 bits per heavy atom. The van der Waals surface area contributed by atoms with Crippen LogP contribution in [0, 0.1) is 11.6 Å². The molecule has 0 bridgehead atoms. The van der Waals surface area contributed by atoms with Crippen molar-refractivity contribution in [1.82, 2.24) is 15.0 Å². The minimum atomic E-state index is -0.780. The maximum absolute atomic E-state index is 13.7. The van der Waals surface area contributed by atoms with Crippen LogP contribution in [-0.4, -0.2) is 36.9 Å². The average molecular weight is 309 g/mol. The van der Waals surface area contributed by atoms with Gasteiger partial charge in [-0.3, -0.25) is 0 Å². The minimum Gasteiger partial charge on any atom is -0.391 e. The molecular weight excluding hydrogens is 292 g/mol. The highest BCUT2D eigenvalue weighted by Crippen LogP contribution is 2.35. The molecule has 118 valence electrons. The Balaban J connectivity index is 1.69. The first-order valence-corrected chi connectivity index (χ1v) is 7.21. The summed E-state index contributed by atoms with van der Waals surface area (Å²) >= 11 is 0. The maximum atomic E-state index is 13.7. The molecular formula is C15H17F2N3O2. The highest BCUT2D eigenvalue weighted by molar-refractivity contribution is 5.58. The first-order valence-electron chi connectivity index (χ1n) is 7.21. The number of aliphatic hydroxyl groups is 2. The fourth-order valence-corrected chi connectivity index (χ4v) is 2.71.